The summed E-state index contributed by atoms with van der Waals surface area (Å²) < 4.78 is 50.8. The van der Waals surface area contributed by atoms with Gasteiger partial charge >= 0.3 is 6.18 Å². The highest BCUT2D eigenvalue weighted by atomic mass is 32.2. The number of carbonyl (C=O) groups is 2. The van der Waals surface area contributed by atoms with E-state index in [1.807, 2.05) is 0 Å². The number of hydrogen-bond donors (Lipinski definition) is 1. The summed E-state index contributed by atoms with van der Waals surface area (Å²) in [4.78, 5) is 27.7. The lowest BCUT2D eigenvalue weighted by molar-refractivity contribution is -0.136. The van der Waals surface area contributed by atoms with Gasteiger partial charge in [0.05, 0.1) is 16.1 Å². The van der Waals surface area contributed by atoms with E-state index < -0.39 is 28.7 Å². The number of nitrogens with zero attached hydrogens (tertiary/aromatic N) is 1. The summed E-state index contributed by atoms with van der Waals surface area (Å²) >= 11 is 0.663. The predicted octanol–water partition coefficient (Wildman–Crippen LogP) is 2.78. The molecule has 0 fully saturated rings. The highest BCUT2D eigenvalue weighted by Gasteiger charge is 2.35. The van der Waals surface area contributed by atoms with Gasteiger partial charge in [0.15, 0.2) is 17.3 Å². The molecule has 1 atom stereocenters. The fourth-order valence-corrected chi connectivity index (χ4v) is 3.43. The van der Waals surface area contributed by atoms with E-state index in [1.165, 1.54) is 26.1 Å². The van der Waals surface area contributed by atoms with Crippen LogP contribution >= 0.6 is 11.8 Å². The van der Waals surface area contributed by atoms with E-state index in [2.05, 4.69) is 10.3 Å². The van der Waals surface area contributed by atoms with E-state index in [0.717, 1.165) is 6.07 Å². The van der Waals surface area contributed by atoms with Gasteiger partial charge in [-0.1, -0.05) is 11.8 Å². The molecule has 2 heterocycles. The van der Waals surface area contributed by atoms with Crippen LogP contribution in [0.4, 0.5) is 13.2 Å². The molecule has 6 nitrogen and oxygen atoms in total. The number of alkyl halides is 3. The van der Waals surface area contributed by atoms with Gasteiger partial charge in [0.2, 0.25) is 12.7 Å². The number of halogens is 3. The molecule has 1 N–H and O–H groups in total. The monoisotopic (exact) mass is 386 g/mol. The average Bonchev–Trinajstić information content (AvgIpc) is 3.02. The number of thioether (sulfide) groups is 1. The van der Waals surface area contributed by atoms with Crippen LogP contribution in [0.15, 0.2) is 23.2 Å². The van der Waals surface area contributed by atoms with E-state index in [0.29, 0.717) is 11.8 Å². The van der Waals surface area contributed by atoms with Crippen molar-refractivity contribution < 1.29 is 32.2 Å². The van der Waals surface area contributed by atoms with Crippen LogP contribution in [-0.2, 0) is 15.8 Å². The molecule has 0 radical (unpaired) electrons. The van der Waals surface area contributed by atoms with Crippen LogP contribution in [0, 0.1) is 0 Å². The molecule has 1 aliphatic rings. The minimum absolute atomic E-state index is 0.0331. The number of benzene rings is 1. The number of aromatic nitrogens is 1. The molecule has 1 aromatic heterocycles. The van der Waals surface area contributed by atoms with Crippen molar-refractivity contribution in [1.29, 1.82) is 0 Å². The largest absolute Gasteiger partial charge is 0.454 e. The Morgan fingerprint density at radius 2 is 1.88 bits per heavy atom. The SMILES string of the molecule is CNC(=O)[C@@H](Sc1cc(C(F)(F)F)c2cc3c(cc2n1)OCO3)C(C)=O. The predicted molar refractivity (Wildman–Crippen MR) is 87.3 cm³/mol. The summed E-state index contributed by atoms with van der Waals surface area (Å²) in [5.41, 5.74) is -0.895. The Bertz CT molecular complexity index is 901. The third kappa shape index (κ3) is 3.41. The molecule has 0 unspecified atom stereocenters. The van der Waals surface area contributed by atoms with Crippen LogP contribution in [0.1, 0.15) is 12.5 Å². The molecule has 1 aliphatic heterocycles. The van der Waals surface area contributed by atoms with Gasteiger partial charge in [0.1, 0.15) is 5.25 Å². The molecule has 0 saturated carbocycles. The minimum Gasteiger partial charge on any atom is -0.454 e. The molecule has 0 bridgehead atoms. The van der Waals surface area contributed by atoms with Gasteiger partial charge in [-0.25, -0.2) is 4.98 Å². The number of hydrogen-bond acceptors (Lipinski definition) is 6. The van der Waals surface area contributed by atoms with E-state index in [1.54, 1.807) is 0 Å². The first-order chi connectivity index (χ1) is 12.2. The van der Waals surface area contributed by atoms with Gasteiger partial charge in [0.25, 0.3) is 0 Å². The van der Waals surface area contributed by atoms with Crippen molar-refractivity contribution in [2.45, 2.75) is 23.4 Å². The summed E-state index contributed by atoms with van der Waals surface area (Å²) in [5.74, 6) is -0.606. The van der Waals surface area contributed by atoms with Crippen molar-refractivity contribution in [2.75, 3.05) is 13.8 Å². The minimum atomic E-state index is -4.65. The first kappa shape index (κ1) is 18.3. The normalized spacial score (nSPS) is 14.3. The Morgan fingerprint density at radius 3 is 2.46 bits per heavy atom. The Labute approximate surface area is 150 Å². The summed E-state index contributed by atoms with van der Waals surface area (Å²) in [6.07, 6.45) is -4.65. The maximum atomic E-state index is 13.5. The van der Waals surface area contributed by atoms with Crippen LogP contribution < -0.4 is 14.8 Å². The Morgan fingerprint density at radius 1 is 1.23 bits per heavy atom. The third-order valence-electron chi connectivity index (χ3n) is 3.68. The number of fused-ring (bicyclic) bond motifs is 2. The van der Waals surface area contributed by atoms with Crippen molar-refractivity contribution in [3.05, 3.63) is 23.8 Å². The second-order valence-corrected chi connectivity index (χ2v) is 6.58. The third-order valence-corrected chi connectivity index (χ3v) is 4.91. The quantitative estimate of drug-likeness (QED) is 0.643. The Hall–Kier alpha value is -2.49. The fraction of sp³-hybridized carbons (Fsp3) is 0.312. The molecule has 0 aliphatic carbocycles. The number of nitrogens with one attached hydrogen (secondary N) is 1. The van der Waals surface area contributed by atoms with Crippen LogP contribution in [0.5, 0.6) is 11.5 Å². The Kier molecular flexibility index (Phi) is 4.70. The van der Waals surface area contributed by atoms with Crippen molar-refractivity contribution in [1.82, 2.24) is 10.3 Å². The maximum Gasteiger partial charge on any atom is 0.417 e. The van der Waals surface area contributed by atoms with Gasteiger partial charge in [-0.05, 0) is 19.1 Å². The molecule has 138 valence electrons. The first-order valence-corrected chi connectivity index (χ1v) is 8.29. The molecule has 0 saturated heterocycles. The van der Waals surface area contributed by atoms with Gasteiger partial charge in [-0.3, -0.25) is 9.59 Å². The molecule has 0 spiro atoms. The summed E-state index contributed by atoms with van der Waals surface area (Å²) in [6.45, 7) is 1.11. The zero-order valence-corrected chi connectivity index (χ0v) is 14.5. The topological polar surface area (TPSA) is 77.5 Å². The number of carbonyl (C=O) groups excluding carboxylic acids is 2. The molecule has 2 aromatic rings. The lowest BCUT2D eigenvalue weighted by atomic mass is 10.1. The van der Waals surface area contributed by atoms with Crippen molar-refractivity contribution in [2.24, 2.45) is 0 Å². The van der Waals surface area contributed by atoms with Gasteiger partial charge in [0, 0.05) is 18.5 Å². The van der Waals surface area contributed by atoms with Gasteiger partial charge < -0.3 is 14.8 Å². The molecule has 3 rings (SSSR count). The number of Topliss-reactive ketones (excluding diaryl/α,β-unsaturated/α-hetero) is 1. The summed E-state index contributed by atoms with van der Waals surface area (Å²) in [5, 5.41) is 0.883. The van der Waals surface area contributed by atoms with Crippen LogP contribution in [-0.4, -0.2) is 35.8 Å². The van der Waals surface area contributed by atoms with Crippen LogP contribution in [0.2, 0.25) is 0 Å². The molecule has 26 heavy (non-hydrogen) atoms. The lowest BCUT2D eigenvalue weighted by Gasteiger charge is -2.15. The molecular formula is C16H13F3N2O4S. The zero-order chi connectivity index (χ0) is 19.1. The number of pyridine rings is 1. The zero-order valence-electron chi connectivity index (χ0n) is 13.6. The molecule has 1 amide bonds. The van der Waals surface area contributed by atoms with E-state index in [-0.39, 0.29) is 34.2 Å². The highest BCUT2D eigenvalue weighted by molar-refractivity contribution is 8.01. The number of ether oxygens (including phenoxy) is 2. The first-order valence-electron chi connectivity index (χ1n) is 7.41. The average molecular weight is 386 g/mol. The second-order valence-electron chi connectivity index (χ2n) is 5.45. The lowest BCUT2D eigenvalue weighted by Crippen LogP contribution is -2.34. The van der Waals surface area contributed by atoms with E-state index in [9.17, 15) is 22.8 Å². The molecular weight excluding hydrogens is 373 g/mol. The van der Waals surface area contributed by atoms with E-state index in [4.69, 9.17) is 9.47 Å². The highest BCUT2D eigenvalue weighted by Crippen LogP contribution is 2.42. The maximum absolute atomic E-state index is 13.5. The standard InChI is InChI=1S/C16H13F3N2O4S/c1-7(22)14(15(23)20-2)26-13-4-9(16(17,18)19)8-3-11-12(25-6-24-11)5-10(8)21-13/h3-5,14H,6H2,1-2H3,(H,20,23)/t14-/m0/s1. The van der Waals surface area contributed by atoms with Crippen LogP contribution in [0.3, 0.4) is 0 Å². The van der Waals surface area contributed by atoms with Crippen molar-refractivity contribution in [3.63, 3.8) is 0 Å². The second kappa shape index (κ2) is 6.67. The van der Waals surface area contributed by atoms with Crippen LogP contribution in [0.25, 0.3) is 10.9 Å². The van der Waals surface area contributed by atoms with Gasteiger partial charge in [-0.15, -0.1) is 0 Å². The molecule has 1 aromatic carbocycles. The number of rotatable bonds is 4. The Balaban J connectivity index is 2.13. The van der Waals surface area contributed by atoms with Gasteiger partial charge in [-0.2, -0.15) is 13.2 Å². The van der Waals surface area contributed by atoms with Crippen molar-refractivity contribution in [3.8, 4) is 11.5 Å². The summed E-state index contributed by atoms with van der Waals surface area (Å²) in [7, 11) is 1.34. The van der Waals surface area contributed by atoms with Crippen molar-refractivity contribution >= 4 is 34.4 Å². The molecule has 10 heteroatoms. The number of ketones is 1. The van der Waals surface area contributed by atoms with E-state index >= 15 is 0 Å². The number of amides is 1. The smallest absolute Gasteiger partial charge is 0.417 e. The fourth-order valence-electron chi connectivity index (χ4n) is 2.46. The summed E-state index contributed by atoms with van der Waals surface area (Å²) in [6, 6.07) is 3.40.